The molecule has 64 heavy (non-hydrogen) atoms. The van der Waals surface area contributed by atoms with Crippen LogP contribution in [0.3, 0.4) is 0 Å². The molecule has 0 spiro atoms. The summed E-state index contributed by atoms with van der Waals surface area (Å²) in [6.45, 7) is 0. The van der Waals surface area contributed by atoms with Gasteiger partial charge in [0, 0.05) is 66.1 Å². The Morgan fingerprint density at radius 1 is 0.297 bits per heavy atom. The second-order valence-electron chi connectivity index (χ2n) is 16.4. The van der Waals surface area contributed by atoms with E-state index in [1.165, 1.54) is 21.8 Å². The van der Waals surface area contributed by atoms with Gasteiger partial charge in [0.15, 0.2) is 0 Å². The average molecular weight is 819 g/mol. The van der Waals surface area contributed by atoms with Crippen molar-refractivity contribution >= 4 is 82.7 Å². The summed E-state index contributed by atoms with van der Waals surface area (Å²) in [6.07, 6.45) is 0. The Hall–Kier alpha value is -8.60. The van der Waals surface area contributed by atoms with E-state index in [9.17, 15) is 0 Å². The van der Waals surface area contributed by atoms with E-state index in [1.54, 1.807) is 0 Å². The molecule has 3 aromatic heterocycles. The number of aromatic nitrogens is 1. The van der Waals surface area contributed by atoms with Crippen LogP contribution in [0.5, 0.6) is 0 Å². The molecule has 13 rings (SSSR count). The van der Waals surface area contributed by atoms with E-state index in [-0.39, 0.29) is 0 Å². The van der Waals surface area contributed by atoms with Gasteiger partial charge in [0.2, 0.25) is 0 Å². The minimum Gasteiger partial charge on any atom is -0.455 e. The van der Waals surface area contributed by atoms with Crippen molar-refractivity contribution in [2.24, 2.45) is 0 Å². The molecule has 0 N–H and O–H groups in total. The Morgan fingerprint density at radius 3 is 1.25 bits per heavy atom. The molecule has 0 saturated heterocycles. The zero-order valence-corrected chi connectivity index (χ0v) is 34.7. The normalized spacial score (nSPS) is 11.8. The van der Waals surface area contributed by atoms with E-state index in [0.29, 0.717) is 0 Å². The van der Waals surface area contributed by atoms with Gasteiger partial charge in [0.1, 0.15) is 22.3 Å². The number of hydrogen-bond acceptors (Lipinski definition) is 3. The number of anilines is 3. The van der Waals surface area contributed by atoms with Crippen molar-refractivity contribution in [1.82, 2.24) is 4.57 Å². The summed E-state index contributed by atoms with van der Waals surface area (Å²) in [5, 5.41) is 6.96. The van der Waals surface area contributed by atoms with E-state index >= 15 is 0 Å². The number of hydrogen-bond donors (Lipinski definition) is 0. The molecule has 300 valence electrons. The summed E-state index contributed by atoms with van der Waals surface area (Å²) in [5.41, 5.74) is 16.8. The quantitative estimate of drug-likeness (QED) is 0.161. The highest BCUT2D eigenvalue weighted by molar-refractivity contribution is 6.12. The third-order valence-corrected chi connectivity index (χ3v) is 12.8. The lowest BCUT2D eigenvalue weighted by Gasteiger charge is -2.27. The van der Waals surface area contributed by atoms with Crippen LogP contribution in [0.25, 0.3) is 105 Å². The van der Waals surface area contributed by atoms with Gasteiger partial charge in [0.05, 0.1) is 16.7 Å². The topological polar surface area (TPSA) is 34.5 Å². The lowest BCUT2D eigenvalue weighted by atomic mass is 9.99. The second kappa shape index (κ2) is 14.5. The summed E-state index contributed by atoms with van der Waals surface area (Å²) in [7, 11) is 0. The molecule has 3 heterocycles. The third-order valence-electron chi connectivity index (χ3n) is 12.8. The second-order valence-corrected chi connectivity index (χ2v) is 16.4. The molecule has 0 atom stereocenters. The van der Waals surface area contributed by atoms with Crippen LogP contribution in [-0.2, 0) is 0 Å². The molecule has 0 bridgehead atoms. The highest BCUT2D eigenvalue weighted by atomic mass is 16.3. The molecule has 0 amide bonds. The predicted octanol–water partition coefficient (Wildman–Crippen LogP) is 17.1. The van der Waals surface area contributed by atoms with Crippen molar-refractivity contribution in [2.45, 2.75) is 0 Å². The first-order valence-corrected chi connectivity index (χ1v) is 21.7. The number of benzene rings is 10. The van der Waals surface area contributed by atoms with Gasteiger partial charge in [0.25, 0.3) is 0 Å². The van der Waals surface area contributed by atoms with Crippen LogP contribution in [0, 0.1) is 0 Å². The van der Waals surface area contributed by atoms with Crippen molar-refractivity contribution in [1.29, 1.82) is 0 Å². The van der Waals surface area contributed by atoms with Crippen LogP contribution < -0.4 is 4.90 Å². The van der Waals surface area contributed by atoms with Gasteiger partial charge >= 0.3 is 0 Å². The lowest BCUT2D eigenvalue weighted by molar-refractivity contribution is 0.669. The molecule has 10 aromatic carbocycles. The van der Waals surface area contributed by atoms with Gasteiger partial charge in [-0.2, -0.15) is 0 Å². The predicted molar refractivity (Wildman–Crippen MR) is 266 cm³/mol. The van der Waals surface area contributed by atoms with Gasteiger partial charge in [-0.3, -0.25) is 0 Å². The van der Waals surface area contributed by atoms with Crippen molar-refractivity contribution in [2.75, 3.05) is 4.90 Å². The Labute approximate surface area is 369 Å². The SMILES string of the molecule is c1ccc(-c2cc(N(c3ccc(-c4cccc5c4oc4ccccc45)cc3)c3ccc(-c4cccc5c4oc4ccccc45)cc3)ccc2-n2c3ccccc3c3ccccc32)cc1. The fourth-order valence-corrected chi connectivity index (χ4v) is 9.87. The number of nitrogens with zero attached hydrogens (tertiary/aromatic N) is 2. The number of fused-ring (bicyclic) bond motifs is 9. The number of furan rings is 2. The van der Waals surface area contributed by atoms with Crippen LogP contribution in [-0.4, -0.2) is 4.57 Å². The monoisotopic (exact) mass is 818 g/mol. The van der Waals surface area contributed by atoms with Crippen molar-refractivity contribution in [3.05, 3.63) is 231 Å². The van der Waals surface area contributed by atoms with Crippen molar-refractivity contribution in [3.63, 3.8) is 0 Å². The van der Waals surface area contributed by atoms with Gasteiger partial charge in [-0.05, 0) is 83.4 Å². The van der Waals surface area contributed by atoms with E-state index in [0.717, 1.165) is 100 Å². The first-order valence-electron chi connectivity index (χ1n) is 21.7. The molecule has 13 aromatic rings. The summed E-state index contributed by atoms with van der Waals surface area (Å²) < 4.78 is 15.4. The number of rotatable bonds is 7. The fourth-order valence-electron chi connectivity index (χ4n) is 9.87. The highest BCUT2D eigenvalue weighted by Gasteiger charge is 2.21. The Balaban J connectivity index is 0.986. The van der Waals surface area contributed by atoms with E-state index in [4.69, 9.17) is 8.83 Å². The summed E-state index contributed by atoms with van der Waals surface area (Å²) in [4.78, 5) is 2.36. The molecule has 4 nitrogen and oxygen atoms in total. The zero-order valence-electron chi connectivity index (χ0n) is 34.7. The highest BCUT2D eigenvalue weighted by Crippen LogP contribution is 2.44. The van der Waals surface area contributed by atoms with Crippen LogP contribution in [0.4, 0.5) is 17.1 Å². The third kappa shape index (κ3) is 5.70. The molecular weight excluding hydrogens is 781 g/mol. The first kappa shape index (κ1) is 36.1. The van der Waals surface area contributed by atoms with E-state index in [1.807, 2.05) is 24.3 Å². The van der Waals surface area contributed by atoms with Crippen molar-refractivity contribution in [3.8, 4) is 39.1 Å². The molecule has 4 heteroatoms. The van der Waals surface area contributed by atoms with E-state index < -0.39 is 0 Å². The summed E-state index contributed by atoms with van der Waals surface area (Å²) >= 11 is 0. The molecule has 0 fully saturated rings. The van der Waals surface area contributed by atoms with Crippen LogP contribution in [0.15, 0.2) is 239 Å². The van der Waals surface area contributed by atoms with Crippen LogP contribution in [0.1, 0.15) is 0 Å². The standard InChI is InChI=1S/C60H38N2O2/c1-2-14-39(15-3-1)53-38-44(36-37-56(53)62-54-24-8-4-16-47(54)48-17-5-9-25-55(48)62)61(42-32-28-40(29-33-42)45-20-12-22-51-49-18-6-10-26-57(49)63-59(45)51)43-34-30-41(31-35-43)46-21-13-23-52-50-19-7-11-27-58(50)64-60(46)52/h1-38H. The Morgan fingerprint density at radius 2 is 0.719 bits per heavy atom. The Bertz CT molecular complexity index is 3680. The minimum absolute atomic E-state index is 0.895. The molecule has 0 radical (unpaired) electrons. The van der Waals surface area contributed by atoms with Gasteiger partial charge in [-0.25, -0.2) is 0 Å². The van der Waals surface area contributed by atoms with E-state index in [2.05, 4.69) is 216 Å². The molecule has 0 saturated carbocycles. The molecule has 0 aliphatic heterocycles. The number of para-hydroxylation sites is 6. The zero-order chi connectivity index (χ0) is 42.1. The maximum absolute atomic E-state index is 6.48. The molecule has 0 unspecified atom stereocenters. The average Bonchev–Trinajstić information content (AvgIpc) is 4.05. The molecule has 0 aliphatic carbocycles. The first-order chi connectivity index (χ1) is 31.7. The lowest BCUT2D eigenvalue weighted by Crippen LogP contribution is -2.11. The smallest absolute Gasteiger partial charge is 0.143 e. The van der Waals surface area contributed by atoms with Crippen molar-refractivity contribution < 1.29 is 8.83 Å². The Kier molecular flexibility index (Phi) is 8.18. The van der Waals surface area contributed by atoms with Gasteiger partial charge in [-0.1, -0.05) is 164 Å². The van der Waals surface area contributed by atoms with Gasteiger partial charge in [-0.15, -0.1) is 0 Å². The van der Waals surface area contributed by atoms with Crippen LogP contribution >= 0.6 is 0 Å². The van der Waals surface area contributed by atoms with Gasteiger partial charge < -0.3 is 18.3 Å². The summed E-state index contributed by atoms with van der Waals surface area (Å²) in [5.74, 6) is 0. The molecular formula is C60H38N2O2. The maximum Gasteiger partial charge on any atom is 0.143 e. The molecule has 0 aliphatic rings. The largest absolute Gasteiger partial charge is 0.455 e. The maximum atomic E-state index is 6.48. The minimum atomic E-state index is 0.895. The summed E-state index contributed by atoms with van der Waals surface area (Å²) in [6, 6.07) is 82.2. The fraction of sp³-hybridized carbons (Fsp3) is 0. The van der Waals surface area contributed by atoms with Crippen LogP contribution in [0.2, 0.25) is 0 Å².